The van der Waals surface area contributed by atoms with Gasteiger partial charge in [0.1, 0.15) is 0 Å². The summed E-state index contributed by atoms with van der Waals surface area (Å²) in [5.74, 6) is 1.03. The second-order valence-electron chi connectivity index (χ2n) is 4.24. The molecule has 1 rings (SSSR count). The molecule has 2 N–H and O–H groups in total. The van der Waals surface area contributed by atoms with Crippen molar-refractivity contribution >= 4 is 11.8 Å². The molecule has 1 heterocycles. The van der Waals surface area contributed by atoms with Gasteiger partial charge in [0.05, 0.1) is 6.61 Å². The molecule has 0 amide bonds. The fourth-order valence-corrected chi connectivity index (χ4v) is 2.27. The Morgan fingerprint density at radius 2 is 2.38 bits per heavy atom. The average Bonchev–Trinajstić information content (AvgIpc) is 2.70. The molecule has 1 aromatic heterocycles. The maximum Gasteiger partial charge on any atom is 0.167 e. The largest absolute Gasteiger partial charge is 0.394 e. The Balaban J connectivity index is 2.24. The summed E-state index contributed by atoms with van der Waals surface area (Å²) in [6.45, 7) is 2.22. The molecule has 1 aromatic rings. The number of imidazole rings is 1. The summed E-state index contributed by atoms with van der Waals surface area (Å²) in [5, 5.41) is 13.4. The van der Waals surface area contributed by atoms with Crippen LogP contribution in [-0.4, -0.2) is 39.6 Å². The Hall–Kier alpha value is -0.520. The minimum Gasteiger partial charge on any atom is -0.394 e. The fourth-order valence-electron chi connectivity index (χ4n) is 1.40. The Labute approximate surface area is 101 Å². The Kier molecular flexibility index (Phi) is 5.31. The number of likely N-dealkylation sites (N-methyl/N-ethyl adjacent to an activating group) is 1. The highest BCUT2D eigenvalue weighted by molar-refractivity contribution is 7.99. The fraction of sp³-hybridized carbons (Fsp3) is 0.727. The van der Waals surface area contributed by atoms with E-state index in [1.807, 2.05) is 38.0 Å². The minimum atomic E-state index is -0.151. The van der Waals surface area contributed by atoms with Crippen molar-refractivity contribution in [2.75, 3.05) is 19.4 Å². The highest BCUT2D eigenvalue weighted by atomic mass is 32.2. The van der Waals surface area contributed by atoms with Gasteiger partial charge in [-0.2, -0.15) is 0 Å². The molecule has 0 fully saturated rings. The highest BCUT2D eigenvalue weighted by Crippen LogP contribution is 2.19. The van der Waals surface area contributed by atoms with Gasteiger partial charge in [-0.3, -0.25) is 0 Å². The predicted octanol–water partition coefficient (Wildman–Crippen LogP) is 1.26. The van der Waals surface area contributed by atoms with Crippen LogP contribution in [0.3, 0.4) is 0 Å². The van der Waals surface area contributed by atoms with Crippen LogP contribution in [0.5, 0.6) is 0 Å². The van der Waals surface area contributed by atoms with Crippen LogP contribution in [0.2, 0.25) is 0 Å². The monoisotopic (exact) mass is 243 g/mol. The molecular weight excluding hydrogens is 222 g/mol. The van der Waals surface area contributed by atoms with Gasteiger partial charge in [0, 0.05) is 30.7 Å². The van der Waals surface area contributed by atoms with E-state index in [1.165, 1.54) is 0 Å². The van der Waals surface area contributed by atoms with Gasteiger partial charge in [0.2, 0.25) is 0 Å². The summed E-state index contributed by atoms with van der Waals surface area (Å²) in [5.41, 5.74) is -0.151. The zero-order valence-electron chi connectivity index (χ0n) is 10.2. The van der Waals surface area contributed by atoms with Crippen LogP contribution in [0.1, 0.15) is 19.8 Å². The van der Waals surface area contributed by atoms with Crippen LogP contribution in [0.4, 0.5) is 0 Å². The van der Waals surface area contributed by atoms with Crippen LogP contribution in [0.25, 0.3) is 0 Å². The maximum absolute atomic E-state index is 9.23. The topological polar surface area (TPSA) is 50.1 Å². The zero-order chi connectivity index (χ0) is 12.0. The molecule has 0 aliphatic rings. The number of aliphatic hydroxyl groups is 1. The van der Waals surface area contributed by atoms with E-state index in [0.717, 1.165) is 23.8 Å². The number of aromatic nitrogens is 2. The molecule has 0 saturated heterocycles. The van der Waals surface area contributed by atoms with Crippen LogP contribution in [0, 0.1) is 0 Å². The highest BCUT2D eigenvalue weighted by Gasteiger charge is 2.19. The summed E-state index contributed by atoms with van der Waals surface area (Å²) in [7, 11) is 3.89. The van der Waals surface area contributed by atoms with Crippen LogP contribution >= 0.6 is 11.8 Å². The van der Waals surface area contributed by atoms with Gasteiger partial charge >= 0.3 is 0 Å². The van der Waals surface area contributed by atoms with Gasteiger partial charge in [-0.15, -0.1) is 0 Å². The summed E-state index contributed by atoms with van der Waals surface area (Å²) in [6, 6.07) is 0. The number of aliphatic hydroxyl groups excluding tert-OH is 1. The molecule has 1 atom stereocenters. The molecule has 92 valence electrons. The molecule has 0 aliphatic heterocycles. The Morgan fingerprint density at radius 1 is 1.62 bits per heavy atom. The van der Waals surface area contributed by atoms with Crippen LogP contribution < -0.4 is 5.32 Å². The standard InChI is InChI=1S/C11H21N3OS/c1-11(9-15,12-2)5-4-8-16-10-13-6-7-14(10)3/h6-7,12,15H,4-5,8-9H2,1-3H3. The quantitative estimate of drug-likeness (QED) is 0.559. The zero-order valence-corrected chi connectivity index (χ0v) is 11.0. The third-order valence-electron chi connectivity index (χ3n) is 2.83. The first kappa shape index (κ1) is 13.5. The van der Waals surface area contributed by atoms with Crippen molar-refractivity contribution in [2.45, 2.75) is 30.5 Å². The van der Waals surface area contributed by atoms with Gasteiger partial charge in [-0.05, 0) is 26.8 Å². The summed E-state index contributed by atoms with van der Waals surface area (Å²) in [6.07, 6.45) is 5.80. The third-order valence-corrected chi connectivity index (χ3v) is 3.98. The maximum atomic E-state index is 9.23. The molecule has 0 radical (unpaired) electrons. The lowest BCUT2D eigenvalue weighted by Gasteiger charge is -2.26. The predicted molar refractivity (Wildman–Crippen MR) is 67.7 cm³/mol. The first-order valence-corrected chi connectivity index (χ1v) is 6.50. The molecule has 1 unspecified atom stereocenters. The summed E-state index contributed by atoms with van der Waals surface area (Å²) in [4.78, 5) is 4.25. The van der Waals surface area contributed by atoms with Crippen molar-refractivity contribution in [1.82, 2.24) is 14.9 Å². The van der Waals surface area contributed by atoms with Crippen LogP contribution in [-0.2, 0) is 7.05 Å². The SMILES string of the molecule is CNC(C)(CO)CCCSc1nccn1C. The number of thioether (sulfide) groups is 1. The van der Waals surface area contributed by atoms with Crippen molar-refractivity contribution in [3.63, 3.8) is 0 Å². The van der Waals surface area contributed by atoms with Crippen molar-refractivity contribution in [2.24, 2.45) is 7.05 Å². The summed E-state index contributed by atoms with van der Waals surface area (Å²) >= 11 is 1.76. The number of nitrogens with zero attached hydrogens (tertiary/aromatic N) is 2. The number of rotatable bonds is 7. The van der Waals surface area contributed by atoms with Gasteiger partial charge in [0.15, 0.2) is 5.16 Å². The Bertz CT molecular complexity index is 310. The van der Waals surface area contributed by atoms with Gasteiger partial charge < -0.3 is 15.0 Å². The lowest BCUT2D eigenvalue weighted by molar-refractivity contribution is 0.173. The molecule has 4 nitrogen and oxygen atoms in total. The molecule has 0 bridgehead atoms. The molecular formula is C11H21N3OS. The van der Waals surface area contributed by atoms with Crippen molar-refractivity contribution in [3.05, 3.63) is 12.4 Å². The first-order valence-electron chi connectivity index (χ1n) is 5.51. The second-order valence-corrected chi connectivity index (χ2v) is 5.30. The van der Waals surface area contributed by atoms with Crippen molar-refractivity contribution in [1.29, 1.82) is 0 Å². The van der Waals surface area contributed by atoms with E-state index in [1.54, 1.807) is 11.8 Å². The van der Waals surface area contributed by atoms with E-state index in [4.69, 9.17) is 0 Å². The lowest BCUT2D eigenvalue weighted by atomic mass is 9.98. The van der Waals surface area contributed by atoms with Crippen molar-refractivity contribution < 1.29 is 5.11 Å². The molecule has 16 heavy (non-hydrogen) atoms. The Morgan fingerprint density at radius 3 is 2.88 bits per heavy atom. The smallest absolute Gasteiger partial charge is 0.167 e. The molecule has 0 aliphatic carbocycles. The third kappa shape index (κ3) is 3.81. The van der Waals surface area contributed by atoms with Gasteiger partial charge in [-0.25, -0.2) is 4.98 Å². The van der Waals surface area contributed by atoms with E-state index < -0.39 is 0 Å². The average molecular weight is 243 g/mol. The summed E-state index contributed by atoms with van der Waals surface area (Å²) < 4.78 is 2.02. The number of nitrogens with one attached hydrogen (secondary N) is 1. The first-order chi connectivity index (χ1) is 7.61. The van der Waals surface area contributed by atoms with Crippen molar-refractivity contribution in [3.8, 4) is 0 Å². The molecule has 0 aromatic carbocycles. The van der Waals surface area contributed by atoms with E-state index in [0.29, 0.717) is 0 Å². The molecule has 0 saturated carbocycles. The van der Waals surface area contributed by atoms with E-state index in [-0.39, 0.29) is 12.1 Å². The number of hydrogen-bond donors (Lipinski definition) is 2. The van der Waals surface area contributed by atoms with Crippen LogP contribution in [0.15, 0.2) is 17.6 Å². The number of aryl methyl sites for hydroxylation is 1. The van der Waals surface area contributed by atoms with E-state index in [9.17, 15) is 5.11 Å². The second kappa shape index (κ2) is 6.27. The van der Waals surface area contributed by atoms with E-state index in [2.05, 4.69) is 10.3 Å². The minimum absolute atomic E-state index is 0.151. The normalized spacial score (nSPS) is 15.0. The van der Waals surface area contributed by atoms with Gasteiger partial charge in [-0.1, -0.05) is 11.8 Å². The van der Waals surface area contributed by atoms with Gasteiger partial charge in [0.25, 0.3) is 0 Å². The van der Waals surface area contributed by atoms with E-state index >= 15 is 0 Å². The lowest BCUT2D eigenvalue weighted by Crippen LogP contribution is -2.43. The number of hydrogen-bond acceptors (Lipinski definition) is 4. The molecule has 5 heteroatoms. The molecule has 0 spiro atoms.